The van der Waals surface area contributed by atoms with Crippen LogP contribution in [0.15, 0.2) is 42.5 Å². The van der Waals surface area contributed by atoms with Gasteiger partial charge in [0.2, 0.25) is 0 Å². The van der Waals surface area contributed by atoms with Gasteiger partial charge in [0, 0.05) is 34.4 Å². The van der Waals surface area contributed by atoms with Gasteiger partial charge in [-0.25, -0.2) is 0 Å². The van der Waals surface area contributed by atoms with Crippen LogP contribution in [0.5, 0.6) is 0 Å². The largest absolute Gasteiger partial charge is 0.306 e. The number of nitrogens with one attached hydrogen (secondary N) is 1. The first-order chi connectivity index (χ1) is 8.74. The van der Waals surface area contributed by atoms with Crippen LogP contribution < -0.4 is 5.32 Å². The Bertz CT molecular complexity index is 591. The lowest BCUT2D eigenvalue weighted by Crippen LogP contribution is -2.43. The van der Waals surface area contributed by atoms with Crippen molar-refractivity contribution in [2.24, 2.45) is 0 Å². The molecule has 0 saturated carbocycles. The van der Waals surface area contributed by atoms with Gasteiger partial charge in [0.15, 0.2) is 0 Å². The molecule has 0 aromatic heterocycles. The second-order valence-corrected chi connectivity index (χ2v) is 6.51. The quantitative estimate of drug-likeness (QED) is 0.853. The standard InChI is InChI=1S/C15H17NOS/c1-11-9-18(17)10-15(16-11)14-8-4-6-12-5-2-3-7-13(12)14/h2-8,11,15-16H,9-10H2,1H3. The number of rotatable bonds is 1. The van der Waals surface area contributed by atoms with Gasteiger partial charge in [-0.2, -0.15) is 0 Å². The van der Waals surface area contributed by atoms with Gasteiger partial charge >= 0.3 is 0 Å². The summed E-state index contributed by atoms with van der Waals surface area (Å²) in [5.74, 6) is 1.49. The fraction of sp³-hybridized carbons (Fsp3) is 0.333. The van der Waals surface area contributed by atoms with Gasteiger partial charge in [-0.15, -0.1) is 0 Å². The molecule has 94 valence electrons. The number of hydrogen-bond donors (Lipinski definition) is 1. The van der Waals surface area contributed by atoms with Crippen molar-refractivity contribution in [1.29, 1.82) is 0 Å². The van der Waals surface area contributed by atoms with Crippen LogP contribution in [0.3, 0.4) is 0 Å². The van der Waals surface area contributed by atoms with E-state index in [2.05, 4.69) is 54.7 Å². The summed E-state index contributed by atoms with van der Waals surface area (Å²) in [6.45, 7) is 2.11. The number of hydrogen-bond acceptors (Lipinski definition) is 2. The molecule has 1 N–H and O–H groups in total. The van der Waals surface area contributed by atoms with Crippen molar-refractivity contribution in [2.75, 3.05) is 11.5 Å². The van der Waals surface area contributed by atoms with Crippen molar-refractivity contribution in [3.05, 3.63) is 48.0 Å². The molecule has 3 rings (SSSR count). The minimum Gasteiger partial charge on any atom is -0.306 e. The smallest absolute Gasteiger partial charge is 0.0445 e. The summed E-state index contributed by atoms with van der Waals surface area (Å²) >= 11 is 0. The lowest BCUT2D eigenvalue weighted by atomic mass is 9.99. The highest BCUT2D eigenvalue weighted by atomic mass is 32.2. The van der Waals surface area contributed by atoms with Gasteiger partial charge < -0.3 is 5.32 Å². The number of fused-ring (bicyclic) bond motifs is 1. The van der Waals surface area contributed by atoms with Crippen molar-refractivity contribution in [2.45, 2.75) is 19.0 Å². The molecular formula is C15H17NOS. The maximum absolute atomic E-state index is 11.9. The molecule has 2 nitrogen and oxygen atoms in total. The molecule has 18 heavy (non-hydrogen) atoms. The highest BCUT2D eigenvalue weighted by Crippen LogP contribution is 2.27. The van der Waals surface area contributed by atoms with E-state index in [0.717, 1.165) is 11.5 Å². The minimum absolute atomic E-state index is 0.209. The lowest BCUT2D eigenvalue weighted by Gasteiger charge is -2.29. The monoisotopic (exact) mass is 259 g/mol. The maximum atomic E-state index is 11.9. The van der Waals surface area contributed by atoms with Crippen LogP contribution in [-0.2, 0) is 10.8 Å². The van der Waals surface area contributed by atoms with Gasteiger partial charge in [0.1, 0.15) is 0 Å². The second-order valence-electron chi connectivity index (χ2n) is 4.96. The van der Waals surface area contributed by atoms with E-state index in [1.165, 1.54) is 16.3 Å². The summed E-state index contributed by atoms with van der Waals surface area (Å²) in [6, 6.07) is 15.3. The third-order valence-electron chi connectivity index (χ3n) is 3.47. The fourth-order valence-electron chi connectivity index (χ4n) is 2.71. The third kappa shape index (κ3) is 2.20. The Kier molecular flexibility index (Phi) is 3.18. The molecule has 3 heteroatoms. The molecular weight excluding hydrogens is 242 g/mol. The van der Waals surface area contributed by atoms with Crippen molar-refractivity contribution in [3.8, 4) is 0 Å². The van der Waals surface area contributed by atoms with Crippen molar-refractivity contribution in [1.82, 2.24) is 5.32 Å². The molecule has 1 fully saturated rings. The Hall–Kier alpha value is -1.19. The van der Waals surface area contributed by atoms with E-state index in [1.54, 1.807) is 0 Å². The van der Waals surface area contributed by atoms with Crippen LogP contribution in [0.25, 0.3) is 10.8 Å². The second kappa shape index (κ2) is 4.82. The van der Waals surface area contributed by atoms with Crippen molar-refractivity contribution in [3.63, 3.8) is 0 Å². The molecule has 0 radical (unpaired) electrons. The summed E-state index contributed by atoms with van der Waals surface area (Å²) in [5, 5.41) is 6.08. The van der Waals surface area contributed by atoms with Gasteiger partial charge in [-0.3, -0.25) is 4.21 Å². The molecule has 0 bridgehead atoms. The van der Waals surface area contributed by atoms with E-state index in [-0.39, 0.29) is 6.04 Å². The number of benzene rings is 2. The zero-order chi connectivity index (χ0) is 12.5. The van der Waals surface area contributed by atoms with Crippen LogP contribution in [0, 0.1) is 0 Å². The topological polar surface area (TPSA) is 29.1 Å². The van der Waals surface area contributed by atoms with E-state index in [0.29, 0.717) is 6.04 Å². The average Bonchev–Trinajstić information content (AvgIpc) is 2.37. The molecule has 3 atom stereocenters. The first-order valence-electron chi connectivity index (χ1n) is 6.33. The van der Waals surface area contributed by atoms with E-state index >= 15 is 0 Å². The van der Waals surface area contributed by atoms with Gasteiger partial charge in [0.25, 0.3) is 0 Å². The lowest BCUT2D eigenvalue weighted by molar-refractivity contribution is 0.492. The minimum atomic E-state index is -0.706. The molecule has 1 aliphatic heterocycles. The zero-order valence-electron chi connectivity index (χ0n) is 10.4. The van der Waals surface area contributed by atoms with E-state index in [4.69, 9.17) is 0 Å². The normalized spacial score (nSPS) is 28.4. The van der Waals surface area contributed by atoms with Gasteiger partial charge in [-0.05, 0) is 23.3 Å². The summed E-state index contributed by atoms with van der Waals surface area (Å²) in [5.41, 5.74) is 1.27. The van der Waals surface area contributed by atoms with Gasteiger partial charge in [0.05, 0.1) is 0 Å². The van der Waals surface area contributed by atoms with Crippen molar-refractivity contribution >= 4 is 21.6 Å². The molecule has 1 aliphatic rings. The molecule has 0 spiro atoms. The third-order valence-corrected chi connectivity index (χ3v) is 5.05. The molecule has 2 aromatic rings. The summed E-state index contributed by atoms with van der Waals surface area (Å²) in [7, 11) is -0.706. The molecule has 3 unspecified atom stereocenters. The van der Waals surface area contributed by atoms with Crippen LogP contribution >= 0.6 is 0 Å². The van der Waals surface area contributed by atoms with E-state index in [9.17, 15) is 4.21 Å². The summed E-state index contributed by atoms with van der Waals surface area (Å²) < 4.78 is 11.9. The van der Waals surface area contributed by atoms with Crippen LogP contribution in [0.4, 0.5) is 0 Å². The fourth-order valence-corrected chi connectivity index (χ4v) is 4.14. The van der Waals surface area contributed by atoms with Crippen LogP contribution in [0.2, 0.25) is 0 Å². The Balaban J connectivity index is 2.06. The maximum Gasteiger partial charge on any atom is 0.0445 e. The SMILES string of the molecule is CC1CS(=O)CC(c2cccc3ccccc23)N1. The Morgan fingerprint density at radius 1 is 1.11 bits per heavy atom. The van der Waals surface area contributed by atoms with Crippen molar-refractivity contribution < 1.29 is 4.21 Å². The summed E-state index contributed by atoms with van der Waals surface area (Å²) in [6.07, 6.45) is 0. The Morgan fingerprint density at radius 2 is 1.89 bits per heavy atom. The predicted molar refractivity (Wildman–Crippen MR) is 77.2 cm³/mol. The molecule has 0 amide bonds. The average molecular weight is 259 g/mol. The Labute approximate surface area is 110 Å². The molecule has 1 heterocycles. The van der Waals surface area contributed by atoms with Gasteiger partial charge in [-0.1, -0.05) is 42.5 Å². The molecule has 1 saturated heterocycles. The van der Waals surface area contributed by atoms with E-state index < -0.39 is 10.8 Å². The highest BCUT2D eigenvalue weighted by molar-refractivity contribution is 7.85. The van der Waals surface area contributed by atoms with E-state index in [1.807, 2.05) is 0 Å². The zero-order valence-corrected chi connectivity index (χ0v) is 11.2. The predicted octanol–water partition coefficient (Wildman–Crippen LogP) is 2.62. The van der Waals surface area contributed by atoms with Crippen LogP contribution in [-0.4, -0.2) is 21.8 Å². The Morgan fingerprint density at radius 3 is 2.72 bits per heavy atom. The molecule has 0 aliphatic carbocycles. The molecule has 2 aromatic carbocycles. The van der Waals surface area contributed by atoms with Crippen LogP contribution in [0.1, 0.15) is 18.5 Å². The first kappa shape index (κ1) is 11.9. The summed E-state index contributed by atoms with van der Waals surface area (Å²) in [4.78, 5) is 0. The first-order valence-corrected chi connectivity index (χ1v) is 7.81. The highest BCUT2D eigenvalue weighted by Gasteiger charge is 2.24.